The van der Waals surface area contributed by atoms with Gasteiger partial charge in [0.2, 0.25) is 0 Å². The molecular weight excluding hydrogens is 146 g/mol. The molecule has 1 aromatic heterocycles. The van der Waals surface area contributed by atoms with Gasteiger partial charge in [0.15, 0.2) is 0 Å². The highest BCUT2D eigenvalue weighted by Gasteiger charge is 1.94. The van der Waals surface area contributed by atoms with Gasteiger partial charge in [-0.1, -0.05) is 30.3 Å². The van der Waals surface area contributed by atoms with Crippen molar-refractivity contribution in [2.45, 2.75) is 0 Å². The van der Waals surface area contributed by atoms with Crippen LogP contribution < -0.4 is 0 Å². The van der Waals surface area contributed by atoms with E-state index >= 15 is 0 Å². The Morgan fingerprint density at radius 2 is 1.92 bits per heavy atom. The summed E-state index contributed by atoms with van der Waals surface area (Å²) in [5.41, 5.74) is 2.01. The van der Waals surface area contributed by atoms with E-state index in [1.807, 2.05) is 42.5 Å². The van der Waals surface area contributed by atoms with Crippen LogP contribution in [0.2, 0.25) is 0 Å². The molecule has 0 unspecified atom stereocenters. The van der Waals surface area contributed by atoms with Gasteiger partial charge in [-0.3, -0.25) is 4.98 Å². The number of benzene rings is 1. The minimum atomic E-state index is 0.970. The molecule has 0 saturated carbocycles. The predicted octanol–water partition coefficient (Wildman–Crippen LogP) is 2.55. The summed E-state index contributed by atoms with van der Waals surface area (Å²) >= 11 is 0. The highest BCUT2D eigenvalue weighted by Crippen LogP contribution is 2.13. The van der Waals surface area contributed by atoms with E-state index in [0.717, 1.165) is 11.3 Å². The SMILES string of the molecule is [c]1ccccc1-c1ccccn1. The van der Waals surface area contributed by atoms with Gasteiger partial charge in [0.1, 0.15) is 0 Å². The van der Waals surface area contributed by atoms with Gasteiger partial charge in [-0.05, 0) is 18.2 Å². The first-order valence-electron chi connectivity index (χ1n) is 3.85. The predicted molar refractivity (Wildman–Crippen MR) is 48.5 cm³/mol. The van der Waals surface area contributed by atoms with Crippen molar-refractivity contribution in [3.8, 4) is 11.3 Å². The van der Waals surface area contributed by atoms with Crippen LogP contribution in [0.25, 0.3) is 11.3 Å². The lowest BCUT2D eigenvalue weighted by atomic mass is 10.1. The van der Waals surface area contributed by atoms with Crippen molar-refractivity contribution in [1.82, 2.24) is 4.98 Å². The van der Waals surface area contributed by atoms with Gasteiger partial charge >= 0.3 is 0 Å². The van der Waals surface area contributed by atoms with Crippen LogP contribution in [0.4, 0.5) is 0 Å². The summed E-state index contributed by atoms with van der Waals surface area (Å²) in [6.45, 7) is 0. The van der Waals surface area contributed by atoms with Crippen molar-refractivity contribution in [3.05, 3.63) is 54.7 Å². The maximum atomic E-state index is 4.22. The first-order valence-corrected chi connectivity index (χ1v) is 3.85. The molecule has 1 heteroatoms. The molecule has 0 atom stereocenters. The molecule has 0 bridgehead atoms. The zero-order valence-electron chi connectivity index (χ0n) is 6.57. The number of hydrogen-bond acceptors (Lipinski definition) is 1. The second kappa shape index (κ2) is 3.18. The average Bonchev–Trinajstić information content (AvgIpc) is 2.21. The number of aromatic nitrogens is 1. The molecule has 2 rings (SSSR count). The van der Waals surface area contributed by atoms with Crippen LogP contribution >= 0.6 is 0 Å². The van der Waals surface area contributed by atoms with Gasteiger partial charge in [-0.2, -0.15) is 0 Å². The van der Waals surface area contributed by atoms with E-state index in [2.05, 4.69) is 11.1 Å². The summed E-state index contributed by atoms with van der Waals surface area (Å²) in [6.07, 6.45) is 1.79. The number of hydrogen-bond donors (Lipinski definition) is 0. The van der Waals surface area contributed by atoms with Crippen molar-refractivity contribution < 1.29 is 0 Å². The van der Waals surface area contributed by atoms with Gasteiger partial charge in [-0.15, -0.1) is 0 Å². The van der Waals surface area contributed by atoms with Crippen LogP contribution in [0, 0.1) is 6.07 Å². The molecule has 2 aromatic rings. The molecule has 1 aromatic carbocycles. The molecule has 57 valence electrons. The van der Waals surface area contributed by atoms with E-state index < -0.39 is 0 Å². The second-order valence-electron chi connectivity index (χ2n) is 2.49. The highest BCUT2D eigenvalue weighted by molar-refractivity contribution is 5.57. The third-order valence-electron chi connectivity index (χ3n) is 1.65. The second-order valence-corrected chi connectivity index (χ2v) is 2.49. The molecule has 0 fully saturated rings. The van der Waals surface area contributed by atoms with Crippen molar-refractivity contribution in [2.24, 2.45) is 0 Å². The van der Waals surface area contributed by atoms with Gasteiger partial charge in [-0.25, -0.2) is 0 Å². The Morgan fingerprint density at radius 3 is 2.58 bits per heavy atom. The minimum absolute atomic E-state index is 0.970. The normalized spacial score (nSPS) is 9.67. The molecule has 1 heterocycles. The number of rotatable bonds is 1. The van der Waals surface area contributed by atoms with Crippen LogP contribution in [-0.4, -0.2) is 4.98 Å². The quantitative estimate of drug-likeness (QED) is 0.615. The molecule has 0 N–H and O–H groups in total. The lowest BCUT2D eigenvalue weighted by Gasteiger charge is -1.96. The van der Waals surface area contributed by atoms with Crippen molar-refractivity contribution in [3.63, 3.8) is 0 Å². The Morgan fingerprint density at radius 1 is 1.00 bits per heavy atom. The van der Waals surface area contributed by atoms with E-state index in [9.17, 15) is 0 Å². The summed E-state index contributed by atoms with van der Waals surface area (Å²) in [4.78, 5) is 4.22. The third kappa shape index (κ3) is 1.35. The molecule has 0 saturated heterocycles. The van der Waals surface area contributed by atoms with E-state index in [-0.39, 0.29) is 0 Å². The molecule has 1 nitrogen and oxygen atoms in total. The topological polar surface area (TPSA) is 12.9 Å². The molecule has 0 aliphatic heterocycles. The standard InChI is InChI=1S/C11H8N/c1-2-6-10(7-3-1)11-8-4-5-9-12-11/h1-6,8-9H. The third-order valence-corrected chi connectivity index (χ3v) is 1.65. The molecule has 1 radical (unpaired) electrons. The van der Waals surface area contributed by atoms with Crippen molar-refractivity contribution in [2.75, 3.05) is 0 Å². The van der Waals surface area contributed by atoms with E-state index in [1.165, 1.54) is 0 Å². The van der Waals surface area contributed by atoms with Gasteiger partial charge < -0.3 is 0 Å². The van der Waals surface area contributed by atoms with Crippen LogP contribution in [0.5, 0.6) is 0 Å². The maximum Gasteiger partial charge on any atom is 0.0708 e. The largest absolute Gasteiger partial charge is 0.256 e. The van der Waals surface area contributed by atoms with Crippen LogP contribution in [0.3, 0.4) is 0 Å². The smallest absolute Gasteiger partial charge is 0.0708 e. The summed E-state index contributed by atoms with van der Waals surface area (Å²) < 4.78 is 0. The van der Waals surface area contributed by atoms with Gasteiger partial charge in [0.05, 0.1) is 5.69 Å². The van der Waals surface area contributed by atoms with Crippen LogP contribution in [0.15, 0.2) is 48.7 Å². The molecule has 0 aliphatic rings. The fourth-order valence-corrected chi connectivity index (χ4v) is 1.07. The van der Waals surface area contributed by atoms with Gasteiger partial charge in [0.25, 0.3) is 0 Å². The Labute approximate surface area is 71.7 Å². The zero-order chi connectivity index (χ0) is 8.23. The van der Waals surface area contributed by atoms with Crippen molar-refractivity contribution in [1.29, 1.82) is 0 Å². The summed E-state index contributed by atoms with van der Waals surface area (Å²) in [7, 11) is 0. The van der Waals surface area contributed by atoms with Crippen LogP contribution in [0.1, 0.15) is 0 Å². The number of nitrogens with zero attached hydrogens (tertiary/aromatic N) is 1. The Hall–Kier alpha value is -1.63. The fourth-order valence-electron chi connectivity index (χ4n) is 1.07. The Bertz CT molecular complexity index is 302. The summed E-state index contributed by atoms with van der Waals surface area (Å²) in [5, 5.41) is 0. The first kappa shape index (κ1) is 7.04. The van der Waals surface area contributed by atoms with Gasteiger partial charge in [0, 0.05) is 11.8 Å². The summed E-state index contributed by atoms with van der Waals surface area (Å²) in [5.74, 6) is 0. The first-order chi connectivity index (χ1) is 5.97. The maximum absolute atomic E-state index is 4.22. The fraction of sp³-hybridized carbons (Fsp3) is 0. The van der Waals surface area contributed by atoms with Crippen molar-refractivity contribution >= 4 is 0 Å². The Kier molecular flexibility index (Phi) is 1.87. The molecule has 0 amide bonds. The molecule has 0 aliphatic carbocycles. The van der Waals surface area contributed by atoms with E-state index in [4.69, 9.17) is 0 Å². The number of pyridine rings is 1. The highest BCUT2D eigenvalue weighted by atomic mass is 14.7. The molecule has 12 heavy (non-hydrogen) atoms. The lowest BCUT2D eigenvalue weighted by Crippen LogP contribution is -1.79. The monoisotopic (exact) mass is 154 g/mol. The van der Waals surface area contributed by atoms with E-state index in [1.54, 1.807) is 6.20 Å². The van der Waals surface area contributed by atoms with Crippen LogP contribution in [-0.2, 0) is 0 Å². The molecular formula is C11H8N. The average molecular weight is 154 g/mol. The van der Waals surface area contributed by atoms with E-state index in [0.29, 0.717) is 0 Å². The minimum Gasteiger partial charge on any atom is -0.256 e. The molecule has 0 spiro atoms. The lowest BCUT2D eigenvalue weighted by molar-refractivity contribution is 1.32. The zero-order valence-corrected chi connectivity index (χ0v) is 6.57. The summed E-state index contributed by atoms with van der Waals surface area (Å²) in [6, 6.07) is 16.8. The Balaban J connectivity index is 2.46.